The van der Waals surface area contributed by atoms with Gasteiger partial charge in [0.1, 0.15) is 5.52 Å². The highest BCUT2D eigenvalue weighted by Crippen LogP contribution is 2.28. The Morgan fingerprint density at radius 2 is 2.40 bits per heavy atom. The number of carbonyl (C=O) groups is 1. The SMILES string of the molecule is COCCC(C)n1c(SCC(=O)O)nc2cnccc21. The number of aliphatic carboxylic acids is 1. The lowest BCUT2D eigenvalue weighted by Crippen LogP contribution is -2.10. The van der Waals surface area contributed by atoms with Crippen molar-refractivity contribution in [3.05, 3.63) is 18.5 Å². The first kappa shape index (κ1) is 14.8. The van der Waals surface area contributed by atoms with Crippen LogP contribution < -0.4 is 0 Å². The minimum Gasteiger partial charge on any atom is -0.481 e. The fourth-order valence-electron chi connectivity index (χ4n) is 2.00. The molecule has 0 saturated heterocycles. The maximum atomic E-state index is 10.8. The number of imidazole rings is 1. The summed E-state index contributed by atoms with van der Waals surface area (Å²) in [5.41, 5.74) is 1.75. The van der Waals surface area contributed by atoms with Crippen LogP contribution in [0.2, 0.25) is 0 Å². The van der Waals surface area contributed by atoms with Gasteiger partial charge < -0.3 is 14.4 Å². The summed E-state index contributed by atoms with van der Waals surface area (Å²) < 4.78 is 7.17. The van der Waals surface area contributed by atoms with E-state index in [1.807, 2.05) is 6.07 Å². The van der Waals surface area contributed by atoms with Crippen LogP contribution in [0.3, 0.4) is 0 Å². The van der Waals surface area contributed by atoms with E-state index in [0.717, 1.165) is 17.5 Å². The number of fused-ring (bicyclic) bond motifs is 1. The van der Waals surface area contributed by atoms with E-state index in [9.17, 15) is 4.79 Å². The highest BCUT2D eigenvalue weighted by molar-refractivity contribution is 7.99. The molecule has 20 heavy (non-hydrogen) atoms. The van der Waals surface area contributed by atoms with Crippen LogP contribution in [0, 0.1) is 0 Å². The molecule has 0 aliphatic rings. The molecule has 108 valence electrons. The summed E-state index contributed by atoms with van der Waals surface area (Å²) in [6.07, 6.45) is 4.25. The Morgan fingerprint density at radius 1 is 1.60 bits per heavy atom. The van der Waals surface area contributed by atoms with E-state index in [0.29, 0.717) is 11.8 Å². The molecule has 2 aromatic heterocycles. The predicted molar refractivity (Wildman–Crippen MR) is 77.1 cm³/mol. The summed E-state index contributed by atoms with van der Waals surface area (Å²) in [4.78, 5) is 19.3. The fourth-order valence-corrected chi connectivity index (χ4v) is 2.83. The molecule has 2 heterocycles. The van der Waals surface area contributed by atoms with E-state index in [-0.39, 0.29) is 11.8 Å². The van der Waals surface area contributed by atoms with Crippen LogP contribution in [0.15, 0.2) is 23.6 Å². The summed E-state index contributed by atoms with van der Waals surface area (Å²) >= 11 is 1.23. The number of nitrogens with zero attached hydrogens (tertiary/aromatic N) is 3. The van der Waals surface area contributed by atoms with Crippen molar-refractivity contribution < 1.29 is 14.6 Å². The van der Waals surface area contributed by atoms with Crippen molar-refractivity contribution in [3.8, 4) is 0 Å². The molecular formula is C13H17N3O3S. The average molecular weight is 295 g/mol. The molecule has 2 rings (SSSR count). The van der Waals surface area contributed by atoms with Crippen LogP contribution in [0.25, 0.3) is 11.0 Å². The zero-order valence-corrected chi connectivity index (χ0v) is 12.3. The topological polar surface area (TPSA) is 77.2 Å². The van der Waals surface area contributed by atoms with Gasteiger partial charge in [-0.1, -0.05) is 11.8 Å². The molecule has 0 radical (unpaired) electrons. The molecule has 0 amide bonds. The van der Waals surface area contributed by atoms with Crippen molar-refractivity contribution in [1.29, 1.82) is 0 Å². The van der Waals surface area contributed by atoms with Crippen LogP contribution >= 0.6 is 11.8 Å². The van der Waals surface area contributed by atoms with Crippen LogP contribution in [0.4, 0.5) is 0 Å². The molecule has 1 N–H and O–H groups in total. The first-order chi connectivity index (χ1) is 9.63. The van der Waals surface area contributed by atoms with E-state index < -0.39 is 5.97 Å². The average Bonchev–Trinajstić information content (AvgIpc) is 2.81. The molecular weight excluding hydrogens is 278 g/mol. The smallest absolute Gasteiger partial charge is 0.313 e. The predicted octanol–water partition coefficient (Wildman–Crippen LogP) is 2.21. The number of ether oxygens (including phenoxy) is 1. The van der Waals surface area contributed by atoms with Crippen molar-refractivity contribution >= 4 is 28.8 Å². The molecule has 2 aromatic rings. The van der Waals surface area contributed by atoms with Crippen LogP contribution in [0.1, 0.15) is 19.4 Å². The second kappa shape index (κ2) is 6.71. The summed E-state index contributed by atoms with van der Waals surface area (Å²) in [7, 11) is 1.67. The highest BCUT2D eigenvalue weighted by atomic mass is 32.2. The summed E-state index contributed by atoms with van der Waals surface area (Å²) in [5, 5.41) is 9.54. The van der Waals surface area contributed by atoms with Gasteiger partial charge in [-0.15, -0.1) is 0 Å². The van der Waals surface area contributed by atoms with Crippen molar-refractivity contribution in [3.63, 3.8) is 0 Å². The molecule has 6 nitrogen and oxygen atoms in total. The Hall–Kier alpha value is -1.60. The van der Waals surface area contributed by atoms with Gasteiger partial charge in [0.15, 0.2) is 5.16 Å². The first-order valence-electron chi connectivity index (χ1n) is 6.29. The van der Waals surface area contributed by atoms with Crippen molar-refractivity contribution in [2.24, 2.45) is 0 Å². The number of aromatic nitrogens is 3. The number of carboxylic acids is 1. The van der Waals surface area contributed by atoms with Gasteiger partial charge >= 0.3 is 5.97 Å². The van der Waals surface area contributed by atoms with Gasteiger partial charge in [0, 0.05) is 26.0 Å². The molecule has 0 bridgehead atoms. The highest BCUT2D eigenvalue weighted by Gasteiger charge is 2.17. The van der Waals surface area contributed by atoms with Gasteiger partial charge in [0.2, 0.25) is 0 Å². The standard InChI is InChI=1S/C13H17N3O3S/c1-9(4-6-19-2)16-11-3-5-14-7-10(11)15-13(16)20-8-12(17)18/h3,5,7,9H,4,6,8H2,1-2H3,(H,17,18). The third kappa shape index (κ3) is 3.29. The second-order valence-electron chi connectivity index (χ2n) is 4.44. The minimum absolute atomic E-state index is 0.00620. The van der Waals surface area contributed by atoms with Gasteiger partial charge in [-0.3, -0.25) is 9.78 Å². The zero-order valence-electron chi connectivity index (χ0n) is 11.4. The Kier molecular flexibility index (Phi) is 4.97. The Bertz CT molecular complexity index is 600. The first-order valence-corrected chi connectivity index (χ1v) is 7.27. The molecule has 0 aromatic carbocycles. The number of hydrogen-bond donors (Lipinski definition) is 1. The van der Waals surface area contributed by atoms with Crippen LogP contribution in [0.5, 0.6) is 0 Å². The second-order valence-corrected chi connectivity index (χ2v) is 5.38. The molecule has 0 fully saturated rings. The Morgan fingerprint density at radius 3 is 3.10 bits per heavy atom. The van der Waals surface area contributed by atoms with E-state index >= 15 is 0 Å². The normalized spacial score (nSPS) is 12.7. The van der Waals surface area contributed by atoms with E-state index in [2.05, 4.69) is 21.5 Å². The lowest BCUT2D eigenvalue weighted by molar-refractivity contribution is -0.133. The number of pyridine rings is 1. The molecule has 7 heteroatoms. The lowest BCUT2D eigenvalue weighted by Gasteiger charge is -2.16. The maximum Gasteiger partial charge on any atom is 0.313 e. The number of hydrogen-bond acceptors (Lipinski definition) is 5. The molecule has 1 unspecified atom stereocenters. The van der Waals surface area contributed by atoms with Crippen molar-refractivity contribution in [2.45, 2.75) is 24.5 Å². The minimum atomic E-state index is -0.851. The number of methoxy groups -OCH3 is 1. The molecule has 0 saturated carbocycles. The van der Waals surface area contributed by atoms with Gasteiger partial charge in [-0.2, -0.15) is 0 Å². The molecule has 1 atom stereocenters. The van der Waals surface area contributed by atoms with E-state index in [1.54, 1.807) is 19.5 Å². The largest absolute Gasteiger partial charge is 0.481 e. The third-order valence-corrected chi connectivity index (χ3v) is 3.90. The lowest BCUT2D eigenvalue weighted by atomic mass is 10.2. The van der Waals surface area contributed by atoms with Crippen LogP contribution in [-0.4, -0.2) is 45.1 Å². The van der Waals surface area contributed by atoms with Crippen molar-refractivity contribution in [1.82, 2.24) is 14.5 Å². The summed E-state index contributed by atoms with van der Waals surface area (Å²) in [6.45, 7) is 2.72. The number of rotatable bonds is 7. The van der Waals surface area contributed by atoms with E-state index in [1.165, 1.54) is 11.8 Å². The van der Waals surface area contributed by atoms with E-state index in [4.69, 9.17) is 9.84 Å². The molecule has 0 spiro atoms. The van der Waals surface area contributed by atoms with Crippen molar-refractivity contribution in [2.75, 3.05) is 19.5 Å². The number of thioether (sulfide) groups is 1. The van der Waals surface area contributed by atoms with Gasteiger partial charge in [-0.05, 0) is 19.4 Å². The maximum absolute atomic E-state index is 10.8. The van der Waals surface area contributed by atoms with Gasteiger partial charge in [0.25, 0.3) is 0 Å². The summed E-state index contributed by atoms with van der Waals surface area (Å²) in [6, 6.07) is 2.08. The summed E-state index contributed by atoms with van der Waals surface area (Å²) in [5.74, 6) is -0.857. The quantitative estimate of drug-likeness (QED) is 0.789. The third-order valence-electron chi connectivity index (χ3n) is 2.96. The molecule has 0 aliphatic carbocycles. The zero-order chi connectivity index (χ0) is 14.5. The van der Waals surface area contributed by atoms with Crippen LogP contribution in [-0.2, 0) is 9.53 Å². The Labute approximate surface area is 121 Å². The van der Waals surface area contributed by atoms with Gasteiger partial charge in [0.05, 0.1) is 17.5 Å². The fraction of sp³-hybridized carbons (Fsp3) is 0.462. The number of carboxylic acid groups (broad SMARTS) is 1. The van der Waals surface area contributed by atoms with Gasteiger partial charge in [-0.25, -0.2) is 4.98 Å². The monoisotopic (exact) mass is 295 g/mol. The Balaban J connectivity index is 2.36. The molecule has 0 aliphatic heterocycles.